The SMILES string of the molecule is CN(CCOc1ccc(OC(F)(F)F)cc1)C1(C(=O)NC2(c3ccc(C(=O)O)cc3)CC2)CCOCC1.Cl. The average molecular weight is 559 g/mol. The van der Waals surface area contributed by atoms with Crippen molar-refractivity contribution in [3.05, 3.63) is 59.7 Å². The minimum absolute atomic E-state index is 0. The number of ether oxygens (including phenoxy) is 3. The molecule has 12 heteroatoms. The lowest BCUT2D eigenvalue weighted by Crippen LogP contribution is -2.62. The van der Waals surface area contributed by atoms with Crippen molar-refractivity contribution in [2.45, 2.75) is 43.1 Å². The second-order valence-corrected chi connectivity index (χ2v) is 9.35. The van der Waals surface area contributed by atoms with Crippen LogP contribution in [-0.2, 0) is 15.1 Å². The molecular formula is C26H30ClF3N2O6. The number of carboxylic acid groups (broad SMARTS) is 1. The monoisotopic (exact) mass is 558 g/mol. The molecule has 2 fully saturated rings. The third-order valence-corrected chi connectivity index (χ3v) is 7.01. The van der Waals surface area contributed by atoms with E-state index in [4.69, 9.17) is 14.6 Å². The summed E-state index contributed by atoms with van der Waals surface area (Å²) in [6.07, 6.45) is -2.25. The van der Waals surface area contributed by atoms with Crippen molar-refractivity contribution in [3.63, 3.8) is 0 Å². The van der Waals surface area contributed by atoms with Gasteiger partial charge < -0.3 is 24.6 Å². The molecule has 1 saturated carbocycles. The molecule has 38 heavy (non-hydrogen) atoms. The lowest BCUT2D eigenvalue weighted by molar-refractivity contribution is -0.274. The molecule has 1 saturated heterocycles. The molecule has 2 N–H and O–H groups in total. The Morgan fingerprint density at radius 2 is 1.58 bits per heavy atom. The Morgan fingerprint density at radius 3 is 2.11 bits per heavy atom. The van der Waals surface area contributed by atoms with Gasteiger partial charge in [-0.2, -0.15) is 0 Å². The summed E-state index contributed by atoms with van der Waals surface area (Å²) in [5, 5.41) is 12.4. The molecule has 1 aliphatic carbocycles. The van der Waals surface area contributed by atoms with Crippen LogP contribution in [0.4, 0.5) is 13.2 Å². The summed E-state index contributed by atoms with van der Waals surface area (Å²) in [7, 11) is 1.84. The summed E-state index contributed by atoms with van der Waals surface area (Å²) in [4.78, 5) is 26.8. The number of benzene rings is 2. The van der Waals surface area contributed by atoms with Crippen molar-refractivity contribution in [1.82, 2.24) is 10.2 Å². The van der Waals surface area contributed by atoms with Crippen LogP contribution in [-0.4, -0.2) is 67.2 Å². The van der Waals surface area contributed by atoms with Gasteiger partial charge in [0, 0.05) is 19.8 Å². The molecule has 0 spiro atoms. The van der Waals surface area contributed by atoms with Crippen molar-refractivity contribution in [1.29, 1.82) is 0 Å². The first-order chi connectivity index (χ1) is 17.5. The molecule has 0 aromatic heterocycles. The van der Waals surface area contributed by atoms with E-state index in [0.717, 1.165) is 18.4 Å². The number of likely N-dealkylation sites (N-methyl/N-ethyl adjacent to an activating group) is 1. The minimum Gasteiger partial charge on any atom is -0.492 e. The summed E-state index contributed by atoms with van der Waals surface area (Å²) in [5.41, 5.74) is -0.273. The number of amides is 1. The van der Waals surface area contributed by atoms with Gasteiger partial charge in [0.15, 0.2) is 0 Å². The first-order valence-electron chi connectivity index (χ1n) is 12.0. The van der Waals surface area contributed by atoms with E-state index in [0.29, 0.717) is 38.3 Å². The fraction of sp³-hybridized carbons (Fsp3) is 0.462. The normalized spacial score (nSPS) is 17.7. The van der Waals surface area contributed by atoms with Gasteiger partial charge in [0.2, 0.25) is 5.91 Å². The third kappa shape index (κ3) is 6.89. The van der Waals surface area contributed by atoms with Gasteiger partial charge in [-0.05, 0) is 74.7 Å². The summed E-state index contributed by atoms with van der Waals surface area (Å²) in [6.45, 7) is 1.47. The fourth-order valence-corrected chi connectivity index (χ4v) is 4.62. The molecule has 8 nitrogen and oxygen atoms in total. The van der Waals surface area contributed by atoms with Crippen LogP contribution in [0.5, 0.6) is 11.5 Å². The van der Waals surface area contributed by atoms with Gasteiger partial charge in [-0.15, -0.1) is 25.6 Å². The van der Waals surface area contributed by atoms with Crippen LogP contribution in [0.15, 0.2) is 48.5 Å². The zero-order valence-electron chi connectivity index (χ0n) is 20.8. The van der Waals surface area contributed by atoms with E-state index in [-0.39, 0.29) is 36.2 Å². The predicted molar refractivity (Wildman–Crippen MR) is 134 cm³/mol. The molecule has 208 valence electrons. The third-order valence-electron chi connectivity index (χ3n) is 7.01. The van der Waals surface area contributed by atoms with E-state index in [1.807, 2.05) is 11.9 Å². The maximum atomic E-state index is 13.7. The molecule has 0 bridgehead atoms. The highest BCUT2D eigenvalue weighted by atomic mass is 35.5. The number of nitrogens with one attached hydrogen (secondary N) is 1. The quantitative estimate of drug-likeness (QED) is 0.447. The van der Waals surface area contributed by atoms with Crippen LogP contribution in [0.3, 0.4) is 0 Å². The lowest BCUT2D eigenvalue weighted by atomic mass is 9.86. The van der Waals surface area contributed by atoms with Crippen LogP contribution < -0.4 is 14.8 Å². The highest BCUT2D eigenvalue weighted by molar-refractivity contribution is 5.88. The van der Waals surface area contributed by atoms with Crippen LogP contribution in [0, 0.1) is 0 Å². The molecule has 1 heterocycles. The Bertz CT molecular complexity index is 1100. The number of hydrogen-bond donors (Lipinski definition) is 2. The van der Waals surface area contributed by atoms with Gasteiger partial charge in [0.1, 0.15) is 23.6 Å². The van der Waals surface area contributed by atoms with Crippen molar-refractivity contribution in [2.75, 3.05) is 33.4 Å². The second-order valence-electron chi connectivity index (χ2n) is 9.35. The number of carbonyl (C=O) groups is 2. The predicted octanol–water partition coefficient (Wildman–Crippen LogP) is 4.37. The van der Waals surface area contributed by atoms with E-state index in [1.54, 1.807) is 24.3 Å². The summed E-state index contributed by atoms with van der Waals surface area (Å²) in [6, 6.07) is 11.7. The maximum Gasteiger partial charge on any atom is 0.573 e. The van der Waals surface area contributed by atoms with Crippen LogP contribution in [0.1, 0.15) is 41.6 Å². The number of rotatable bonds is 10. The van der Waals surface area contributed by atoms with Gasteiger partial charge in [-0.1, -0.05) is 12.1 Å². The Hall–Kier alpha value is -3.02. The van der Waals surface area contributed by atoms with E-state index in [2.05, 4.69) is 10.1 Å². The topological polar surface area (TPSA) is 97.3 Å². The molecule has 0 unspecified atom stereocenters. The van der Waals surface area contributed by atoms with Crippen LogP contribution in [0.25, 0.3) is 0 Å². The summed E-state index contributed by atoms with van der Waals surface area (Å²) in [5.74, 6) is -1.07. The van der Waals surface area contributed by atoms with E-state index >= 15 is 0 Å². The first-order valence-corrected chi connectivity index (χ1v) is 12.0. The zero-order chi connectivity index (χ0) is 26.7. The Kier molecular flexibility index (Phi) is 9.17. The minimum atomic E-state index is -4.76. The summed E-state index contributed by atoms with van der Waals surface area (Å²) < 4.78 is 52.1. The molecular weight excluding hydrogens is 529 g/mol. The number of carbonyl (C=O) groups excluding carboxylic acids is 1. The Labute approximate surface area is 224 Å². The molecule has 4 rings (SSSR count). The number of carboxylic acids is 1. The van der Waals surface area contributed by atoms with E-state index < -0.39 is 23.4 Å². The van der Waals surface area contributed by atoms with E-state index in [9.17, 15) is 22.8 Å². The first kappa shape index (κ1) is 29.5. The largest absolute Gasteiger partial charge is 0.573 e. The van der Waals surface area contributed by atoms with Crippen molar-refractivity contribution < 1.29 is 42.1 Å². The molecule has 2 aromatic rings. The smallest absolute Gasteiger partial charge is 0.492 e. The van der Waals surface area contributed by atoms with Crippen molar-refractivity contribution >= 4 is 24.3 Å². The number of alkyl halides is 3. The van der Waals surface area contributed by atoms with Crippen molar-refractivity contribution in [3.8, 4) is 11.5 Å². The standard InChI is InChI=1S/C26H29F3N2O6.ClH/c1-31(14-17-36-20-6-8-21(9-7-20)37-26(27,28)29)25(12-15-35-16-13-25)23(34)30-24(10-11-24)19-4-2-18(3-5-19)22(32)33;/h2-9H,10-17H2,1H3,(H,30,34)(H,32,33);1H. The number of hydrogen-bond acceptors (Lipinski definition) is 6. The Morgan fingerprint density at radius 1 is 1.00 bits per heavy atom. The van der Waals surface area contributed by atoms with Gasteiger partial charge in [0.05, 0.1) is 11.1 Å². The average Bonchev–Trinajstić information content (AvgIpc) is 3.65. The van der Waals surface area contributed by atoms with Gasteiger partial charge in [-0.3, -0.25) is 9.69 Å². The Balaban J connectivity index is 0.00000400. The molecule has 1 aliphatic heterocycles. The number of nitrogens with zero attached hydrogens (tertiary/aromatic N) is 1. The second kappa shape index (κ2) is 11.8. The molecule has 1 amide bonds. The van der Waals surface area contributed by atoms with Gasteiger partial charge >= 0.3 is 12.3 Å². The van der Waals surface area contributed by atoms with Crippen LogP contribution >= 0.6 is 12.4 Å². The van der Waals surface area contributed by atoms with Crippen LogP contribution in [0.2, 0.25) is 0 Å². The van der Waals surface area contributed by atoms with Gasteiger partial charge in [-0.25, -0.2) is 4.79 Å². The maximum absolute atomic E-state index is 13.7. The van der Waals surface area contributed by atoms with E-state index in [1.165, 1.54) is 24.3 Å². The van der Waals surface area contributed by atoms with Gasteiger partial charge in [0.25, 0.3) is 0 Å². The molecule has 2 aliphatic rings. The highest BCUT2D eigenvalue weighted by Crippen LogP contribution is 2.46. The lowest BCUT2D eigenvalue weighted by Gasteiger charge is -2.43. The highest BCUT2D eigenvalue weighted by Gasteiger charge is 2.51. The van der Waals surface area contributed by atoms with Crippen molar-refractivity contribution in [2.24, 2.45) is 0 Å². The molecule has 0 atom stereocenters. The fourth-order valence-electron chi connectivity index (χ4n) is 4.62. The number of halogens is 4. The zero-order valence-corrected chi connectivity index (χ0v) is 21.6. The number of aromatic carboxylic acids is 1. The molecule has 2 aromatic carbocycles. The summed E-state index contributed by atoms with van der Waals surface area (Å²) >= 11 is 0. The molecule has 0 radical (unpaired) electrons.